The standard InChI is InChI=1S/C26H19FI2N7OPS/c1-14-7-9-30-26(35-14)37-17-5-6-19(31-11-17)22-21-16(3)33-13-34-25(21)36(4)24(22)18-12-32-20(23(27)15(18)2)8-10-39-38(28)29/h5-7,9,11-13H,1-4H3. The van der Waals surface area contributed by atoms with Crippen LogP contribution in [-0.2, 0) is 7.05 Å². The predicted molar refractivity (Wildman–Crippen MR) is 171 cm³/mol. The molecule has 0 amide bonds. The summed E-state index contributed by atoms with van der Waals surface area (Å²) in [6, 6.07) is 5.68. The fraction of sp³-hybridized carbons (Fsp3) is 0.154. The molecule has 0 bridgehead atoms. The molecular weight excluding hydrogens is 762 g/mol. The first-order valence-corrected chi connectivity index (χ1v) is 19.8. The summed E-state index contributed by atoms with van der Waals surface area (Å²) >= 11 is 6.09. The Labute approximate surface area is 255 Å². The number of ether oxygens (including phenoxy) is 1. The number of rotatable bonds is 5. The van der Waals surface area contributed by atoms with Crippen molar-refractivity contribution in [2.75, 3.05) is 0 Å². The van der Waals surface area contributed by atoms with Crippen molar-refractivity contribution in [1.82, 2.24) is 34.5 Å². The second kappa shape index (κ2) is 12.0. The van der Waals surface area contributed by atoms with Crippen LogP contribution >= 0.6 is 57.9 Å². The Balaban J connectivity index is 1.64. The molecule has 0 aliphatic rings. The Kier molecular flexibility index (Phi) is 8.60. The van der Waals surface area contributed by atoms with Crippen molar-refractivity contribution >= 4 is 68.9 Å². The van der Waals surface area contributed by atoms with Gasteiger partial charge in [-0.3, -0.25) is 4.98 Å². The van der Waals surface area contributed by atoms with Gasteiger partial charge in [-0.25, -0.2) is 29.3 Å². The lowest BCUT2D eigenvalue weighted by Gasteiger charge is -2.12. The van der Waals surface area contributed by atoms with Crippen molar-refractivity contribution in [2.24, 2.45) is 7.05 Å². The number of hydrogen-bond acceptors (Lipinski definition) is 8. The van der Waals surface area contributed by atoms with Crippen LogP contribution in [0.1, 0.15) is 22.6 Å². The Morgan fingerprint density at radius 2 is 1.85 bits per heavy atom. The molecule has 39 heavy (non-hydrogen) atoms. The molecule has 196 valence electrons. The summed E-state index contributed by atoms with van der Waals surface area (Å²) in [6.45, 7) is 5.52. The summed E-state index contributed by atoms with van der Waals surface area (Å²) in [5.41, 5.74) is 5.66. The number of nitrogens with zero attached hydrogens (tertiary/aromatic N) is 7. The smallest absolute Gasteiger partial charge is 0.322 e. The van der Waals surface area contributed by atoms with Crippen LogP contribution in [0.2, 0.25) is 0 Å². The number of aryl methyl sites for hydroxylation is 3. The van der Waals surface area contributed by atoms with E-state index in [1.807, 2.05) is 31.5 Å². The van der Waals surface area contributed by atoms with E-state index in [2.05, 4.69) is 80.2 Å². The second-order valence-electron chi connectivity index (χ2n) is 8.38. The van der Waals surface area contributed by atoms with E-state index < -0.39 is 5.82 Å². The van der Waals surface area contributed by atoms with Gasteiger partial charge in [0.1, 0.15) is 23.4 Å². The number of fused-ring (bicyclic) bond motifs is 1. The van der Waals surface area contributed by atoms with Gasteiger partial charge in [0.2, 0.25) is 0 Å². The van der Waals surface area contributed by atoms with E-state index in [9.17, 15) is 0 Å². The van der Waals surface area contributed by atoms with Crippen molar-refractivity contribution in [2.45, 2.75) is 20.8 Å². The summed E-state index contributed by atoms with van der Waals surface area (Å²) < 4.78 is 22.9. The van der Waals surface area contributed by atoms with E-state index in [0.29, 0.717) is 28.2 Å². The Morgan fingerprint density at radius 3 is 2.56 bits per heavy atom. The van der Waals surface area contributed by atoms with E-state index in [1.165, 1.54) is 17.7 Å². The maximum absolute atomic E-state index is 15.5. The van der Waals surface area contributed by atoms with Crippen molar-refractivity contribution in [3.8, 4) is 45.4 Å². The molecule has 0 atom stereocenters. The number of aromatic nitrogens is 7. The summed E-state index contributed by atoms with van der Waals surface area (Å²) in [5, 5.41) is 3.78. The number of hydrogen-bond donors (Lipinski definition) is 0. The van der Waals surface area contributed by atoms with Crippen LogP contribution in [0.25, 0.3) is 33.5 Å². The van der Waals surface area contributed by atoms with Crippen LogP contribution in [0.15, 0.2) is 43.1 Å². The van der Waals surface area contributed by atoms with Crippen molar-refractivity contribution in [3.63, 3.8) is 0 Å². The first-order chi connectivity index (χ1) is 18.7. The van der Waals surface area contributed by atoms with Gasteiger partial charge in [0.15, 0.2) is 5.82 Å². The Bertz CT molecular complexity index is 1770. The molecule has 8 nitrogen and oxygen atoms in total. The molecule has 5 aromatic heterocycles. The summed E-state index contributed by atoms with van der Waals surface area (Å²) in [5.74, 6) is 2.91. The molecule has 13 heteroatoms. The van der Waals surface area contributed by atoms with Gasteiger partial charge in [0, 0.05) is 36.3 Å². The molecule has 0 spiro atoms. The zero-order valence-corrected chi connectivity index (χ0v) is 27.1. The van der Waals surface area contributed by atoms with Gasteiger partial charge < -0.3 is 9.30 Å². The van der Waals surface area contributed by atoms with E-state index >= 15 is 4.39 Å². The molecule has 5 aromatic rings. The molecule has 0 N–H and O–H groups in total. The average molecular weight is 781 g/mol. The maximum atomic E-state index is 15.5. The summed E-state index contributed by atoms with van der Waals surface area (Å²) in [6.07, 6.45) is 6.44. The van der Waals surface area contributed by atoms with Crippen molar-refractivity contribution in [3.05, 3.63) is 71.6 Å². The average Bonchev–Trinajstić information content (AvgIpc) is 3.20. The lowest BCUT2D eigenvalue weighted by molar-refractivity contribution is 0.438. The zero-order valence-electron chi connectivity index (χ0n) is 21.1. The fourth-order valence-electron chi connectivity index (χ4n) is 4.14. The minimum Gasteiger partial charge on any atom is -0.423 e. The van der Waals surface area contributed by atoms with Gasteiger partial charge in [0.25, 0.3) is 0 Å². The van der Waals surface area contributed by atoms with Gasteiger partial charge in [-0.2, -0.15) is 0 Å². The third kappa shape index (κ3) is 5.86. The lowest BCUT2D eigenvalue weighted by atomic mass is 9.99. The fourth-order valence-corrected chi connectivity index (χ4v) is 6.47. The van der Waals surface area contributed by atoms with Crippen molar-refractivity contribution < 1.29 is 9.13 Å². The Morgan fingerprint density at radius 1 is 1.03 bits per heavy atom. The summed E-state index contributed by atoms with van der Waals surface area (Å²) in [4.78, 5) is 26.4. The van der Waals surface area contributed by atoms with E-state index in [-0.39, 0.29) is 14.1 Å². The lowest BCUT2D eigenvalue weighted by Crippen LogP contribution is -2.01. The highest BCUT2D eigenvalue weighted by molar-refractivity contribution is 14.3. The van der Waals surface area contributed by atoms with Crippen molar-refractivity contribution in [1.29, 1.82) is 0 Å². The van der Waals surface area contributed by atoms with Gasteiger partial charge in [-0.05, 0) is 111 Å². The number of pyridine rings is 2. The molecule has 0 aliphatic heterocycles. The normalized spacial score (nSPS) is 11.1. The highest BCUT2D eigenvalue weighted by atomic mass is 127. The first-order valence-electron chi connectivity index (χ1n) is 11.4. The highest BCUT2D eigenvalue weighted by Crippen LogP contribution is 2.64. The van der Waals surface area contributed by atoms with Crippen LogP contribution in [0.5, 0.6) is 11.8 Å². The van der Waals surface area contributed by atoms with Gasteiger partial charge >= 0.3 is 6.01 Å². The topological polar surface area (TPSA) is 91.5 Å². The van der Waals surface area contributed by atoms with Crippen LogP contribution < -0.4 is 4.74 Å². The highest BCUT2D eigenvalue weighted by Gasteiger charge is 2.25. The van der Waals surface area contributed by atoms with E-state index in [4.69, 9.17) is 9.72 Å². The minimum absolute atomic E-state index is 0.127. The zero-order chi connectivity index (χ0) is 27.7. The largest absolute Gasteiger partial charge is 0.423 e. The number of halogens is 3. The van der Waals surface area contributed by atoms with Crippen LogP contribution in [0, 0.1) is 37.8 Å². The summed E-state index contributed by atoms with van der Waals surface area (Å²) in [7, 11) is 1.89. The molecule has 0 saturated carbocycles. The second-order valence-corrected chi connectivity index (χ2v) is 26.1. The first kappa shape index (κ1) is 28.1. The monoisotopic (exact) mass is 781 g/mol. The molecule has 0 radical (unpaired) electrons. The SMILES string of the molecule is Cc1ccnc(Oc2ccc(-c3c(-c4cnc(C#CSP(I)I)c(F)c4C)n(C)c4ncnc(C)c34)nc2)n1. The van der Waals surface area contributed by atoms with Crippen LogP contribution in [-0.4, -0.2) is 34.5 Å². The molecule has 5 heterocycles. The molecule has 0 aliphatic carbocycles. The molecule has 0 aromatic carbocycles. The van der Waals surface area contributed by atoms with E-state index in [0.717, 1.165) is 28.0 Å². The Hall–Kier alpha value is -2.47. The maximum Gasteiger partial charge on any atom is 0.322 e. The van der Waals surface area contributed by atoms with Crippen LogP contribution in [0.4, 0.5) is 4.39 Å². The third-order valence-corrected chi connectivity index (χ3v) is 10.5. The van der Waals surface area contributed by atoms with Gasteiger partial charge in [0.05, 0.1) is 31.1 Å². The van der Waals surface area contributed by atoms with Gasteiger partial charge in [-0.1, -0.05) is 0 Å². The van der Waals surface area contributed by atoms with Gasteiger partial charge in [-0.15, -0.1) is 0 Å². The third-order valence-electron chi connectivity index (χ3n) is 5.93. The molecular formula is C26H19FI2N7OPS. The minimum atomic E-state index is -0.444. The predicted octanol–water partition coefficient (Wildman–Crippen LogP) is 7.88. The molecule has 5 rings (SSSR count). The van der Waals surface area contributed by atoms with Crippen LogP contribution in [0.3, 0.4) is 0 Å². The van der Waals surface area contributed by atoms with E-state index in [1.54, 1.807) is 37.6 Å². The quantitative estimate of drug-likeness (QED) is 0.101. The molecule has 0 saturated heterocycles. The molecule has 0 unspecified atom stereocenters. The molecule has 0 fully saturated rings.